The Hall–Kier alpha value is -0.240. The second-order valence-electron chi connectivity index (χ2n) is 4.78. The van der Waals surface area contributed by atoms with Crippen molar-refractivity contribution in [3.63, 3.8) is 0 Å². The van der Waals surface area contributed by atoms with Gasteiger partial charge in [0.1, 0.15) is 0 Å². The van der Waals surface area contributed by atoms with Crippen LogP contribution in [0.1, 0.15) is 12.0 Å². The smallest absolute Gasteiger partial charge is 0.191 e. The summed E-state index contributed by atoms with van der Waals surface area (Å²) >= 11 is 12.0. The Morgan fingerprint density at radius 1 is 1.29 bits per heavy atom. The highest BCUT2D eigenvalue weighted by Gasteiger charge is 2.12. The molecule has 1 aliphatic heterocycles. The monoisotopic (exact) mass is 442 g/mol. The average Bonchev–Trinajstić information content (AvgIpc) is 2.37. The normalized spacial score (nSPS) is 15.1. The fourth-order valence-electron chi connectivity index (χ4n) is 2.00. The van der Waals surface area contributed by atoms with Crippen LogP contribution < -0.4 is 10.6 Å². The maximum atomic E-state index is 6.14. The number of nitrogens with one attached hydrogen (secondary N) is 2. The fourth-order valence-corrected chi connectivity index (χ4v) is 2.48. The van der Waals surface area contributed by atoms with Gasteiger partial charge in [-0.15, -0.1) is 24.0 Å². The number of guanidine groups is 1. The summed E-state index contributed by atoms with van der Waals surface area (Å²) in [6.07, 6.45) is 1.32. The summed E-state index contributed by atoms with van der Waals surface area (Å²) in [5.41, 5.74) is 1.00. The van der Waals surface area contributed by atoms with E-state index in [-0.39, 0.29) is 24.0 Å². The van der Waals surface area contributed by atoms with Crippen LogP contribution >= 0.6 is 47.2 Å². The molecule has 2 N–H and O–H groups in total. The van der Waals surface area contributed by atoms with E-state index in [4.69, 9.17) is 23.2 Å². The van der Waals surface area contributed by atoms with E-state index in [0.29, 0.717) is 16.6 Å². The molecule has 1 aromatic carbocycles. The first-order chi connectivity index (χ1) is 9.69. The van der Waals surface area contributed by atoms with Gasteiger partial charge in [0.25, 0.3) is 0 Å². The lowest BCUT2D eigenvalue weighted by atomic mass is 10.2. The van der Waals surface area contributed by atoms with Crippen molar-refractivity contribution >= 4 is 53.1 Å². The Morgan fingerprint density at radius 3 is 2.62 bits per heavy atom. The highest BCUT2D eigenvalue weighted by Crippen LogP contribution is 2.20. The molecule has 0 radical (unpaired) electrons. The molecule has 0 unspecified atom stereocenters. The zero-order chi connectivity index (χ0) is 14.4. The van der Waals surface area contributed by atoms with Crippen LogP contribution in [0.4, 0.5) is 0 Å². The van der Waals surface area contributed by atoms with Crippen LogP contribution in [0.25, 0.3) is 0 Å². The summed E-state index contributed by atoms with van der Waals surface area (Å²) in [5, 5.41) is 7.86. The first-order valence-corrected chi connectivity index (χ1v) is 7.55. The van der Waals surface area contributed by atoms with Crippen LogP contribution in [-0.2, 0) is 6.54 Å². The molecule has 0 atom stereocenters. The van der Waals surface area contributed by atoms with Gasteiger partial charge in [-0.05, 0) is 37.2 Å². The fraction of sp³-hybridized carbons (Fsp3) is 0.500. The van der Waals surface area contributed by atoms with Crippen LogP contribution in [0.15, 0.2) is 23.2 Å². The van der Waals surface area contributed by atoms with Crippen molar-refractivity contribution in [1.29, 1.82) is 0 Å². The van der Waals surface area contributed by atoms with E-state index in [9.17, 15) is 0 Å². The van der Waals surface area contributed by atoms with Crippen molar-refractivity contribution in [3.8, 4) is 0 Å². The maximum absolute atomic E-state index is 6.14. The Morgan fingerprint density at radius 2 is 2.05 bits per heavy atom. The summed E-state index contributed by atoms with van der Waals surface area (Å²) in [5.74, 6) is 0.788. The second kappa shape index (κ2) is 9.71. The van der Waals surface area contributed by atoms with E-state index in [1.165, 1.54) is 19.5 Å². The second-order valence-corrected chi connectivity index (χ2v) is 5.63. The van der Waals surface area contributed by atoms with Gasteiger partial charge in [0.15, 0.2) is 5.96 Å². The van der Waals surface area contributed by atoms with Crippen LogP contribution in [0.2, 0.25) is 10.0 Å². The van der Waals surface area contributed by atoms with Gasteiger partial charge in [-0.3, -0.25) is 4.99 Å². The molecule has 0 aliphatic carbocycles. The van der Waals surface area contributed by atoms with Crippen LogP contribution in [-0.4, -0.2) is 44.1 Å². The number of hydrogen-bond acceptors (Lipinski definition) is 2. The van der Waals surface area contributed by atoms with Crippen molar-refractivity contribution in [3.05, 3.63) is 33.8 Å². The van der Waals surface area contributed by atoms with Gasteiger partial charge in [-0.1, -0.05) is 29.3 Å². The molecule has 7 heteroatoms. The molecule has 1 aliphatic rings. The SMILES string of the molecule is CN=C(NCCN1CCC1)NCc1ccc(Cl)cc1Cl.I. The van der Waals surface area contributed by atoms with Gasteiger partial charge >= 0.3 is 0 Å². The molecule has 21 heavy (non-hydrogen) atoms. The summed E-state index contributed by atoms with van der Waals surface area (Å²) < 4.78 is 0. The zero-order valence-electron chi connectivity index (χ0n) is 12.0. The van der Waals surface area contributed by atoms with E-state index in [1.807, 2.05) is 12.1 Å². The predicted molar refractivity (Wildman–Crippen MR) is 101 cm³/mol. The third kappa shape index (κ3) is 6.18. The van der Waals surface area contributed by atoms with Gasteiger partial charge in [-0.2, -0.15) is 0 Å². The van der Waals surface area contributed by atoms with E-state index in [1.54, 1.807) is 13.1 Å². The van der Waals surface area contributed by atoms with E-state index in [0.717, 1.165) is 24.6 Å². The number of hydrogen-bond donors (Lipinski definition) is 2. The Kier molecular flexibility index (Phi) is 8.70. The van der Waals surface area contributed by atoms with E-state index >= 15 is 0 Å². The highest BCUT2D eigenvalue weighted by molar-refractivity contribution is 14.0. The molecule has 1 heterocycles. The van der Waals surface area contributed by atoms with Crippen molar-refractivity contribution in [1.82, 2.24) is 15.5 Å². The number of benzene rings is 1. The molecule has 0 aromatic heterocycles. The van der Waals surface area contributed by atoms with Gasteiger partial charge in [0, 0.05) is 36.7 Å². The number of rotatable bonds is 5. The van der Waals surface area contributed by atoms with Crippen molar-refractivity contribution in [2.45, 2.75) is 13.0 Å². The largest absolute Gasteiger partial charge is 0.355 e. The first kappa shape index (κ1) is 18.8. The summed E-state index contributed by atoms with van der Waals surface area (Å²) in [6, 6.07) is 5.51. The Labute approximate surface area is 153 Å². The van der Waals surface area contributed by atoms with Crippen molar-refractivity contribution < 1.29 is 0 Å². The van der Waals surface area contributed by atoms with Gasteiger partial charge < -0.3 is 15.5 Å². The quantitative estimate of drug-likeness (QED) is 0.418. The third-order valence-electron chi connectivity index (χ3n) is 3.35. The lowest BCUT2D eigenvalue weighted by molar-refractivity contribution is 0.185. The maximum Gasteiger partial charge on any atom is 0.191 e. The van der Waals surface area contributed by atoms with Gasteiger partial charge in [0.2, 0.25) is 0 Å². The minimum Gasteiger partial charge on any atom is -0.355 e. The lowest BCUT2D eigenvalue weighted by Gasteiger charge is -2.30. The van der Waals surface area contributed by atoms with Crippen LogP contribution in [0.5, 0.6) is 0 Å². The molecule has 0 spiro atoms. The molecule has 0 amide bonds. The van der Waals surface area contributed by atoms with Crippen LogP contribution in [0, 0.1) is 0 Å². The molecule has 2 rings (SSSR count). The minimum atomic E-state index is 0. The number of halogens is 3. The van der Waals surface area contributed by atoms with Crippen LogP contribution in [0.3, 0.4) is 0 Å². The molecule has 4 nitrogen and oxygen atoms in total. The summed E-state index contributed by atoms with van der Waals surface area (Å²) in [7, 11) is 1.77. The average molecular weight is 443 g/mol. The van der Waals surface area contributed by atoms with Gasteiger partial charge in [0.05, 0.1) is 0 Å². The predicted octanol–water partition coefficient (Wildman–Crippen LogP) is 2.98. The number of aliphatic imine (C=N–C) groups is 1. The number of nitrogens with zero attached hydrogens (tertiary/aromatic N) is 2. The Bertz CT molecular complexity index is 478. The molecule has 0 saturated carbocycles. The molecular weight excluding hydrogens is 422 g/mol. The van der Waals surface area contributed by atoms with Gasteiger partial charge in [-0.25, -0.2) is 0 Å². The lowest BCUT2D eigenvalue weighted by Crippen LogP contribution is -2.45. The van der Waals surface area contributed by atoms with E-state index < -0.39 is 0 Å². The van der Waals surface area contributed by atoms with E-state index in [2.05, 4.69) is 20.5 Å². The summed E-state index contributed by atoms with van der Waals surface area (Å²) in [6.45, 7) is 5.01. The summed E-state index contributed by atoms with van der Waals surface area (Å²) in [4.78, 5) is 6.61. The highest BCUT2D eigenvalue weighted by atomic mass is 127. The topological polar surface area (TPSA) is 39.7 Å². The molecule has 1 saturated heterocycles. The standard InChI is InChI=1S/C14H20Cl2N4.HI/c1-17-14(18-5-8-20-6-2-7-20)19-10-11-3-4-12(15)9-13(11)16;/h3-4,9H,2,5-8,10H2,1H3,(H2,17,18,19);1H. The molecular formula is C14H21Cl2IN4. The Balaban J connectivity index is 0.00000220. The molecule has 118 valence electrons. The zero-order valence-corrected chi connectivity index (χ0v) is 15.9. The molecule has 1 fully saturated rings. The number of likely N-dealkylation sites (tertiary alicyclic amines) is 1. The molecule has 1 aromatic rings. The first-order valence-electron chi connectivity index (χ1n) is 6.80. The third-order valence-corrected chi connectivity index (χ3v) is 3.94. The minimum absolute atomic E-state index is 0. The molecule has 0 bridgehead atoms. The van der Waals surface area contributed by atoms with Crippen molar-refractivity contribution in [2.75, 3.05) is 33.2 Å². The van der Waals surface area contributed by atoms with Crippen molar-refractivity contribution in [2.24, 2.45) is 4.99 Å².